The van der Waals surface area contributed by atoms with E-state index in [0.29, 0.717) is 11.0 Å². The summed E-state index contributed by atoms with van der Waals surface area (Å²) in [7, 11) is 1.62. The Morgan fingerprint density at radius 2 is 2.32 bits per heavy atom. The van der Waals surface area contributed by atoms with E-state index < -0.39 is 16.8 Å². The van der Waals surface area contributed by atoms with Crippen LogP contribution in [0.3, 0.4) is 0 Å². The van der Waals surface area contributed by atoms with Gasteiger partial charge in [-0.3, -0.25) is 14.9 Å². The van der Waals surface area contributed by atoms with E-state index in [1.54, 1.807) is 7.05 Å². The number of nitrogens with zero attached hydrogens (tertiary/aromatic N) is 4. The summed E-state index contributed by atoms with van der Waals surface area (Å²) in [5.74, 6) is -1.02. The molecule has 19 heavy (non-hydrogen) atoms. The molecule has 0 radical (unpaired) electrons. The van der Waals surface area contributed by atoms with Gasteiger partial charge in [0.25, 0.3) is 0 Å². The first-order chi connectivity index (χ1) is 8.99. The number of thioether (sulfide) groups is 1. The molecule has 0 saturated heterocycles. The summed E-state index contributed by atoms with van der Waals surface area (Å²) in [6, 6.07) is 2.63. The molecule has 2 aromatic rings. The molecule has 0 spiro atoms. The van der Waals surface area contributed by atoms with Gasteiger partial charge in [0.15, 0.2) is 10.9 Å². The number of hydrogen-bond donors (Lipinski definition) is 1. The molecule has 10 heteroatoms. The summed E-state index contributed by atoms with van der Waals surface area (Å²) in [5, 5.41) is 27.1. The Balaban J connectivity index is 2.25. The third-order valence-electron chi connectivity index (χ3n) is 2.15. The zero-order valence-electron chi connectivity index (χ0n) is 9.64. The lowest BCUT2D eigenvalue weighted by molar-refractivity contribution is -0.401. The zero-order chi connectivity index (χ0) is 14.0. The van der Waals surface area contributed by atoms with Crippen molar-refractivity contribution in [2.45, 2.75) is 5.16 Å². The van der Waals surface area contributed by atoms with Gasteiger partial charge in [-0.25, -0.2) is 0 Å². The van der Waals surface area contributed by atoms with Crippen LogP contribution in [-0.4, -0.2) is 36.5 Å². The van der Waals surface area contributed by atoms with Crippen molar-refractivity contribution >= 4 is 23.6 Å². The number of hydrogen-bond acceptors (Lipinski definition) is 7. The van der Waals surface area contributed by atoms with Gasteiger partial charge in [0.05, 0.1) is 11.8 Å². The molecule has 0 bridgehead atoms. The fraction of sp³-hybridized carbons (Fsp3) is 0.222. The molecule has 0 saturated carbocycles. The highest BCUT2D eigenvalue weighted by molar-refractivity contribution is 7.99. The minimum atomic E-state index is -0.969. The molecular formula is C9H8N4O5S. The van der Waals surface area contributed by atoms with E-state index in [2.05, 4.69) is 10.2 Å². The van der Waals surface area contributed by atoms with Crippen molar-refractivity contribution in [3.05, 3.63) is 22.2 Å². The molecule has 0 aromatic carbocycles. The minimum Gasteiger partial charge on any atom is -0.481 e. The Hall–Kier alpha value is -2.36. The second kappa shape index (κ2) is 5.10. The fourth-order valence-electron chi connectivity index (χ4n) is 1.33. The molecule has 0 aliphatic heterocycles. The predicted octanol–water partition coefficient (Wildman–Crippen LogP) is 1.16. The lowest BCUT2D eigenvalue weighted by atomic mass is 10.4. The smallest absolute Gasteiger partial charge is 0.433 e. The number of nitro groups is 1. The van der Waals surface area contributed by atoms with Gasteiger partial charge in [0, 0.05) is 7.05 Å². The van der Waals surface area contributed by atoms with Gasteiger partial charge in [-0.05, 0) is 6.07 Å². The molecule has 0 aliphatic carbocycles. The van der Waals surface area contributed by atoms with Crippen LogP contribution < -0.4 is 0 Å². The van der Waals surface area contributed by atoms with Gasteiger partial charge >= 0.3 is 11.9 Å². The summed E-state index contributed by atoms with van der Waals surface area (Å²) < 4.78 is 6.51. The molecule has 100 valence electrons. The first kappa shape index (κ1) is 13.1. The Labute approximate surface area is 110 Å². The molecule has 9 nitrogen and oxygen atoms in total. The van der Waals surface area contributed by atoms with E-state index in [4.69, 9.17) is 9.52 Å². The zero-order valence-corrected chi connectivity index (χ0v) is 10.5. The summed E-state index contributed by atoms with van der Waals surface area (Å²) in [5.41, 5.74) is 0. The van der Waals surface area contributed by atoms with E-state index >= 15 is 0 Å². The van der Waals surface area contributed by atoms with Crippen LogP contribution in [0.5, 0.6) is 0 Å². The lowest BCUT2D eigenvalue weighted by Gasteiger charge is -1.99. The third kappa shape index (κ3) is 2.73. The van der Waals surface area contributed by atoms with Crippen LogP contribution in [0.2, 0.25) is 0 Å². The van der Waals surface area contributed by atoms with Gasteiger partial charge < -0.3 is 14.1 Å². The predicted molar refractivity (Wildman–Crippen MR) is 63.7 cm³/mol. The molecule has 0 unspecified atom stereocenters. The largest absolute Gasteiger partial charge is 0.481 e. The fourth-order valence-corrected chi connectivity index (χ4v) is 1.96. The standard InChI is InChI=1S/C9H8N4O5S/c1-12-8(5-2-3-6(18-5)13(16)17)10-11-9(12)19-4-7(14)15/h2-3H,4H2,1H3,(H,14,15). The SMILES string of the molecule is Cn1c(SCC(=O)O)nnc1-c1ccc([N+](=O)[O-])o1. The molecule has 2 heterocycles. The van der Waals surface area contributed by atoms with Crippen molar-refractivity contribution in [2.75, 3.05) is 5.75 Å². The molecule has 0 fully saturated rings. The Kier molecular flexibility index (Phi) is 3.51. The summed E-state index contributed by atoms with van der Waals surface area (Å²) in [6.07, 6.45) is 0. The maximum atomic E-state index is 10.5. The normalized spacial score (nSPS) is 10.6. The molecule has 0 amide bonds. The van der Waals surface area contributed by atoms with Crippen molar-refractivity contribution < 1.29 is 19.2 Å². The van der Waals surface area contributed by atoms with Crippen LogP contribution in [0.1, 0.15) is 0 Å². The monoisotopic (exact) mass is 284 g/mol. The number of carbonyl (C=O) groups is 1. The van der Waals surface area contributed by atoms with Gasteiger partial charge in [0.1, 0.15) is 4.92 Å². The number of carboxylic acids is 1. The molecule has 2 aromatic heterocycles. The third-order valence-corrected chi connectivity index (χ3v) is 3.16. The van der Waals surface area contributed by atoms with Crippen LogP contribution in [0.25, 0.3) is 11.6 Å². The maximum absolute atomic E-state index is 10.5. The highest BCUT2D eigenvalue weighted by Crippen LogP contribution is 2.26. The number of rotatable bonds is 5. The summed E-state index contributed by atoms with van der Waals surface area (Å²) >= 11 is 0.998. The first-order valence-electron chi connectivity index (χ1n) is 4.97. The van der Waals surface area contributed by atoms with Gasteiger partial charge in [-0.2, -0.15) is 0 Å². The Morgan fingerprint density at radius 3 is 2.89 bits per heavy atom. The molecule has 1 N–H and O–H groups in total. The molecule has 2 rings (SSSR count). The van der Waals surface area contributed by atoms with E-state index in [1.807, 2.05) is 0 Å². The average Bonchev–Trinajstić information content (AvgIpc) is 2.93. The maximum Gasteiger partial charge on any atom is 0.433 e. The quantitative estimate of drug-likeness (QED) is 0.492. The molecule has 0 aliphatic rings. The van der Waals surface area contributed by atoms with Crippen molar-refractivity contribution in [1.82, 2.24) is 14.8 Å². The minimum absolute atomic E-state index is 0.149. The van der Waals surface area contributed by atoms with Crippen molar-refractivity contribution in [2.24, 2.45) is 7.05 Å². The molecule has 0 atom stereocenters. The van der Waals surface area contributed by atoms with Crippen molar-refractivity contribution in [3.8, 4) is 11.6 Å². The van der Waals surface area contributed by atoms with Crippen molar-refractivity contribution in [1.29, 1.82) is 0 Å². The highest BCUT2D eigenvalue weighted by Gasteiger charge is 2.19. The van der Waals surface area contributed by atoms with Crippen LogP contribution >= 0.6 is 11.8 Å². The Bertz CT molecular complexity index is 634. The molecular weight excluding hydrogens is 276 g/mol. The van der Waals surface area contributed by atoms with Crippen LogP contribution in [0.4, 0.5) is 5.88 Å². The van der Waals surface area contributed by atoms with E-state index in [0.717, 1.165) is 11.8 Å². The second-order valence-electron chi connectivity index (χ2n) is 3.44. The van der Waals surface area contributed by atoms with Crippen LogP contribution in [0, 0.1) is 10.1 Å². The number of aliphatic carboxylic acids is 1. The lowest BCUT2D eigenvalue weighted by Crippen LogP contribution is -2.00. The van der Waals surface area contributed by atoms with Gasteiger partial charge in [-0.15, -0.1) is 10.2 Å². The van der Waals surface area contributed by atoms with Gasteiger partial charge in [0.2, 0.25) is 5.82 Å². The van der Waals surface area contributed by atoms with Gasteiger partial charge in [-0.1, -0.05) is 11.8 Å². The van der Waals surface area contributed by atoms with E-state index in [-0.39, 0.29) is 11.5 Å². The van der Waals surface area contributed by atoms with E-state index in [1.165, 1.54) is 16.7 Å². The summed E-state index contributed by atoms with van der Waals surface area (Å²) in [4.78, 5) is 20.3. The van der Waals surface area contributed by atoms with E-state index in [9.17, 15) is 14.9 Å². The number of aromatic nitrogens is 3. The van der Waals surface area contributed by atoms with Crippen LogP contribution in [-0.2, 0) is 11.8 Å². The van der Waals surface area contributed by atoms with Crippen molar-refractivity contribution in [3.63, 3.8) is 0 Å². The van der Waals surface area contributed by atoms with Crippen LogP contribution in [0.15, 0.2) is 21.7 Å². The summed E-state index contributed by atoms with van der Waals surface area (Å²) in [6.45, 7) is 0. The first-order valence-corrected chi connectivity index (χ1v) is 5.96. The topological polar surface area (TPSA) is 124 Å². The second-order valence-corrected chi connectivity index (χ2v) is 4.39. The Morgan fingerprint density at radius 1 is 1.58 bits per heavy atom. The highest BCUT2D eigenvalue weighted by atomic mass is 32.2. The number of furan rings is 1. The number of carboxylic acid groups (broad SMARTS) is 1. The average molecular weight is 284 g/mol.